The number of nitrogens with one attached hydrogen (secondary N) is 1. The molecule has 3 amide bonds. The Hall–Kier alpha value is -1.88. The summed E-state index contributed by atoms with van der Waals surface area (Å²) in [6.07, 6.45) is 5.22. The third-order valence-corrected chi connectivity index (χ3v) is 5.36. The summed E-state index contributed by atoms with van der Waals surface area (Å²) in [4.78, 5) is 26.6. The SMILES string of the molecule is CC1(c2ccc3c(c2)CCC3)NC(=O)N(CC2CCCO2)C1=O. The zero-order chi connectivity index (χ0) is 16.0. The standard InChI is InChI=1S/C18H22N2O3/c1-18(14-8-7-12-4-2-5-13(12)10-14)16(21)20(17(22)19-18)11-15-6-3-9-23-15/h7-8,10,15H,2-6,9,11H2,1H3,(H,19,22). The number of nitrogens with zero attached hydrogens (tertiary/aromatic N) is 1. The van der Waals surface area contributed by atoms with Crippen LogP contribution in [0.4, 0.5) is 4.79 Å². The predicted octanol–water partition coefficient (Wildman–Crippen LogP) is 2.12. The largest absolute Gasteiger partial charge is 0.376 e. The van der Waals surface area contributed by atoms with E-state index in [0.29, 0.717) is 6.54 Å². The molecule has 2 heterocycles. The molecule has 2 saturated heterocycles. The molecule has 2 unspecified atom stereocenters. The minimum Gasteiger partial charge on any atom is -0.376 e. The van der Waals surface area contributed by atoms with E-state index in [1.807, 2.05) is 6.07 Å². The van der Waals surface area contributed by atoms with Gasteiger partial charge in [0.25, 0.3) is 5.91 Å². The van der Waals surface area contributed by atoms with Gasteiger partial charge in [-0.05, 0) is 55.7 Å². The van der Waals surface area contributed by atoms with Crippen LogP contribution in [0.2, 0.25) is 0 Å². The van der Waals surface area contributed by atoms with Crippen molar-refractivity contribution in [3.8, 4) is 0 Å². The number of urea groups is 1. The molecule has 1 aliphatic carbocycles. The predicted molar refractivity (Wildman–Crippen MR) is 85.0 cm³/mol. The highest BCUT2D eigenvalue weighted by Gasteiger charge is 2.49. The Bertz CT molecular complexity index is 666. The fourth-order valence-electron chi connectivity index (χ4n) is 3.93. The first-order valence-electron chi connectivity index (χ1n) is 8.46. The Morgan fingerprint density at radius 3 is 2.87 bits per heavy atom. The van der Waals surface area contributed by atoms with E-state index in [2.05, 4.69) is 17.4 Å². The Morgan fingerprint density at radius 1 is 1.26 bits per heavy atom. The molecule has 2 fully saturated rings. The normalized spacial score (nSPS) is 30.0. The Balaban J connectivity index is 1.60. The molecule has 1 aromatic carbocycles. The number of carbonyl (C=O) groups is 2. The molecule has 1 N–H and O–H groups in total. The Morgan fingerprint density at radius 2 is 2.09 bits per heavy atom. The second kappa shape index (κ2) is 5.34. The average molecular weight is 314 g/mol. The summed E-state index contributed by atoms with van der Waals surface area (Å²) in [5.41, 5.74) is 2.59. The maximum Gasteiger partial charge on any atom is 0.325 e. The molecule has 2 atom stereocenters. The quantitative estimate of drug-likeness (QED) is 0.870. The molecular formula is C18H22N2O3. The minimum absolute atomic E-state index is 0.0212. The third-order valence-electron chi connectivity index (χ3n) is 5.36. The van der Waals surface area contributed by atoms with Crippen LogP contribution in [-0.2, 0) is 27.9 Å². The van der Waals surface area contributed by atoms with E-state index in [4.69, 9.17) is 4.74 Å². The van der Waals surface area contributed by atoms with Crippen molar-refractivity contribution in [3.05, 3.63) is 34.9 Å². The van der Waals surface area contributed by atoms with Crippen LogP contribution >= 0.6 is 0 Å². The second-order valence-electron chi connectivity index (χ2n) is 6.94. The van der Waals surface area contributed by atoms with E-state index in [-0.39, 0.29) is 18.0 Å². The van der Waals surface area contributed by atoms with Crippen LogP contribution in [0.5, 0.6) is 0 Å². The summed E-state index contributed by atoms with van der Waals surface area (Å²) >= 11 is 0. The molecule has 5 nitrogen and oxygen atoms in total. The summed E-state index contributed by atoms with van der Waals surface area (Å²) < 4.78 is 5.57. The van der Waals surface area contributed by atoms with Crippen molar-refractivity contribution in [2.75, 3.05) is 13.2 Å². The fraction of sp³-hybridized carbons (Fsp3) is 0.556. The van der Waals surface area contributed by atoms with Crippen LogP contribution in [0.1, 0.15) is 42.9 Å². The number of fused-ring (bicyclic) bond motifs is 1. The molecule has 23 heavy (non-hydrogen) atoms. The summed E-state index contributed by atoms with van der Waals surface area (Å²) in [6.45, 7) is 2.88. The van der Waals surface area contributed by atoms with Crippen LogP contribution < -0.4 is 5.32 Å². The van der Waals surface area contributed by atoms with Crippen LogP contribution in [0, 0.1) is 0 Å². The Kier molecular flexibility index (Phi) is 3.41. The number of ether oxygens (including phenoxy) is 1. The van der Waals surface area contributed by atoms with E-state index >= 15 is 0 Å². The van der Waals surface area contributed by atoms with Gasteiger partial charge in [0.1, 0.15) is 5.54 Å². The lowest BCUT2D eigenvalue weighted by atomic mass is 9.89. The van der Waals surface area contributed by atoms with Gasteiger partial charge in [-0.25, -0.2) is 4.79 Å². The topological polar surface area (TPSA) is 58.6 Å². The average Bonchev–Trinajstić information content (AvgIpc) is 3.25. The van der Waals surface area contributed by atoms with E-state index in [1.165, 1.54) is 22.4 Å². The molecular weight excluding hydrogens is 292 g/mol. The van der Waals surface area contributed by atoms with E-state index in [0.717, 1.165) is 37.9 Å². The maximum absolute atomic E-state index is 12.9. The molecule has 3 aliphatic rings. The zero-order valence-electron chi connectivity index (χ0n) is 13.4. The first-order valence-corrected chi connectivity index (χ1v) is 8.46. The highest BCUT2D eigenvalue weighted by Crippen LogP contribution is 2.33. The lowest BCUT2D eigenvalue weighted by Crippen LogP contribution is -2.42. The number of benzene rings is 1. The number of hydrogen-bond acceptors (Lipinski definition) is 3. The minimum atomic E-state index is -0.965. The van der Waals surface area contributed by atoms with Gasteiger partial charge in [-0.1, -0.05) is 18.2 Å². The van der Waals surface area contributed by atoms with Crippen molar-refractivity contribution in [1.29, 1.82) is 0 Å². The van der Waals surface area contributed by atoms with Gasteiger partial charge in [0, 0.05) is 6.61 Å². The molecule has 0 aromatic heterocycles. The van der Waals surface area contributed by atoms with Gasteiger partial charge in [-0.15, -0.1) is 0 Å². The van der Waals surface area contributed by atoms with Gasteiger partial charge in [-0.2, -0.15) is 0 Å². The lowest BCUT2D eigenvalue weighted by Gasteiger charge is -2.23. The van der Waals surface area contributed by atoms with Crippen LogP contribution in [0.15, 0.2) is 18.2 Å². The van der Waals surface area contributed by atoms with Crippen molar-refractivity contribution in [3.63, 3.8) is 0 Å². The first-order chi connectivity index (χ1) is 11.1. The summed E-state index contributed by atoms with van der Waals surface area (Å²) in [6, 6.07) is 5.87. The number of rotatable bonds is 3. The van der Waals surface area contributed by atoms with Gasteiger partial charge >= 0.3 is 6.03 Å². The van der Waals surface area contributed by atoms with Gasteiger partial charge in [0.2, 0.25) is 0 Å². The van der Waals surface area contributed by atoms with Gasteiger partial charge in [0.15, 0.2) is 0 Å². The summed E-state index contributed by atoms with van der Waals surface area (Å²) in [5.74, 6) is -0.170. The molecule has 0 spiro atoms. The molecule has 1 aromatic rings. The third kappa shape index (κ3) is 2.34. The van der Waals surface area contributed by atoms with E-state index in [1.54, 1.807) is 6.92 Å². The summed E-state index contributed by atoms with van der Waals surface area (Å²) in [5, 5.41) is 2.89. The highest BCUT2D eigenvalue weighted by molar-refractivity contribution is 6.07. The molecule has 4 rings (SSSR count). The monoisotopic (exact) mass is 314 g/mol. The summed E-state index contributed by atoms with van der Waals surface area (Å²) in [7, 11) is 0. The van der Waals surface area contributed by atoms with E-state index < -0.39 is 5.54 Å². The maximum atomic E-state index is 12.9. The van der Waals surface area contributed by atoms with Gasteiger partial charge in [0.05, 0.1) is 12.6 Å². The number of carbonyl (C=O) groups excluding carboxylic acids is 2. The molecule has 0 radical (unpaired) electrons. The molecule has 5 heteroatoms. The van der Waals surface area contributed by atoms with Crippen LogP contribution in [0.25, 0.3) is 0 Å². The molecule has 0 saturated carbocycles. The van der Waals surface area contributed by atoms with Crippen molar-refractivity contribution in [2.24, 2.45) is 0 Å². The highest BCUT2D eigenvalue weighted by atomic mass is 16.5. The molecule has 0 bridgehead atoms. The smallest absolute Gasteiger partial charge is 0.325 e. The Labute approximate surface area is 136 Å². The van der Waals surface area contributed by atoms with Gasteiger partial charge in [-0.3, -0.25) is 9.69 Å². The number of hydrogen-bond donors (Lipinski definition) is 1. The second-order valence-corrected chi connectivity index (χ2v) is 6.94. The number of imide groups is 1. The van der Waals surface area contributed by atoms with Crippen LogP contribution in [-0.4, -0.2) is 36.1 Å². The zero-order valence-corrected chi connectivity index (χ0v) is 13.4. The fourth-order valence-corrected chi connectivity index (χ4v) is 3.93. The van der Waals surface area contributed by atoms with Crippen molar-refractivity contribution in [1.82, 2.24) is 10.2 Å². The molecule has 122 valence electrons. The lowest BCUT2D eigenvalue weighted by molar-refractivity contribution is -0.132. The van der Waals surface area contributed by atoms with E-state index in [9.17, 15) is 9.59 Å². The van der Waals surface area contributed by atoms with Crippen molar-refractivity contribution in [2.45, 2.75) is 50.7 Å². The number of amides is 3. The van der Waals surface area contributed by atoms with Gasteiger partial charge < -0.3 is 10.1 Å². The van der Waals surface area contributed by atoms with Crippen molar-refractivity contribution >= 4 is 11.9 Å². The first kappa shape index (κ1) is 14.7. The van der Waals surface area contributed by atoms with Crippen molar-refractivity contribution < 1.29 is 14.3 Å². The van der Waals surface area contributed by atoms with Crippen LogP contribution in [0.3, 0.4) is 0 Å². The molecule has 2 aliphatic heterocycles. The number of aryl methyl sites for hydroxylation is 2.